The number of carbonyl (C=O) groups excluding carboxylic acids is 2. The summed E-state index contributed by atoms with van der Waals surface area (Å²) in [5.74, 6) is -1.48. The normalized spacial score (nSPS) is 21.6. The molecule has 0 N–H and O–H groups in total. The van der Waals surface area contributed by atoms with Crippen LogP contribution in [0, 0.1) is 5.92 Å². The number of likely N-dealkylation sites (tertiary alicyclic amines) is 3. The van der Waals surface area contributed by atoms with Crippen molar-refractivity contribution in [3.05, 3.63) is 57.6 Å². The van der Waals surface area contributed by atoms with Crippen molar-refractivity contribution in [1.29, 1.82) is 0 Å². The minimum absolute atomic E-state index is 0.0562. The summed E-state index contributed by atoms with van der Waals surface area (Å²) in [7, 11) is 0. The fourth-order valence-corrected chi connectivity index (χ4v) is 6.56. The van der Waals surface area contributed by atoms with Crippen molar-refractivity contribution >= 4 is 35.0 Å². The highest BCUT2D eigenvalue weighted by Gasteiger charge is 2.42. The standard InChI is InChI=1S/C29H32Cl2F3N3O2/c30-24-16-21(17-25(31)23(24)18-37-15-10-26(28(37)39)35-11-2-1-3-12-35)19-4-6-20(7-5-19)27(38)36-13-8-22(9-14-36)29(32,33)34/h4-7,16-17,22,26H,1-3,8-15,18H2/t26-/m0/s1. The van der Waals surface area contributed by atoms with Crippen LogP contribution in [0.1, 0.15) is 54.4 Å². The molecular formula is C29H32Cl2F3N3O2. The highest BCUT2D eigenvalue weighted by atomic mass is 35.5. The Morgan fingerprint density at radius 1 is 0.846 bits per heavy atom. The van der Waals surface area contributed by atoms with Gasteiger partial charge in [-0.3, -0.25) is 14.5 Å². The molecule has 3 heterocycles. The zero-order valence-electron chi connectivity index (χ0n) is 21.7. The summed E-state index contributed by atoms with van der Waals surface area (Å²) in [6.07, 6.45) is -0.0393. The predicted molar refractivity (Wildman–Crippen MR) is 146 cm³/mol. The second kappa shape index (κ2) is 11.7. The molecule has 10 heteroatoms. The van der Waals surface area contributed by atoms with E-state index in [9.17, 15) is 22.8 Å². The summed E-state index contributed by atoms with van der Waals surface area (Å²) in [5, 5.41) is 0.943. The number of halogens is 5. The van der Waals surface area contributed by atoms with Gasteiger partial charge in [-0.05, 0) is 80.6 Å². The summed E-state index contributed by atoms with van der Waals surface area (Å²) < 4.78 is 38.8. The summed E-state index contributed by atoms with van der Waals surface area (Å²) >= 11 is 13.3. The van der Waals surface area contributed by atoms with E-state index < -0.39 is 12.1 Å². The van der Waals surface area contributed by atoms with E-state index in [0.717, 1.165) is 43.5 Å². The van der Waals surface area contributed by atoms with Crippen molar-refractivity contribution in [2.75, 3.05) is 32.7 Å². The molecule has 3 aliphatic heterocycles. The van der Waals surface area contributed by atoms with Gasteiger partial charge in [0.1, 0.15) is 0 Å². The van der Waals surface area contributed by atoms with Crippen molar-refractivity contribution in [3.63, 3.8) is 0 Å². The fraction of sp³-hybridized carbons (Fsp3) is 0.517. The number of rotatable bonds is 5. The van der Waals surface area contributed by atoms with Gasteiger partial charge in [0.15, 0.2) is 0 Å². The summed E-state index contributed by atoms with van der Waals surface area (Å²) in [6, 6.07) is 10.5. The largest absolute Gasteiger partial charge is 0.391 e. The molecule has 5 nitrogen and oxygen atoms in total. The Bertz CT molecular complexity index is 1180. The molecule has 0 spiro atoms. The van der Waals surface area contributed by atoms with Crippen molar-refractivity contribution in [2.45, 2.75) is 57.3 Å². The van der Waals surface area contributed by atoms with Crippen LogP contribution < -0.4 is 0 Å². The van der Waals surface area contributed by atoms with Crippen molar-refractivity contribution in [2.24, 2.45) is 5.92 Å². The van der Waals surface area contributed by atoms with E-state index >= 15 is 0 Å². The van der Waals surface area contributed by atoms with Gasteiger partial charge in [0.05, 0.1) is 12.0 Å². The number of benzene rings is 2. The molecule has 3 saturated heterocycles. The van der Waals surface area contributed by atoms with Gasteiger partial charge in [-0.2, -0.15) is 13.2 Å². The maximum atomic E-state index is 13.1. The fourth-order valence-electron chi connectivity index (χ4n) is 5.96. The smallest absolute Gasteiger partial charge is 0.339 e. The molecule has 2 amide bonds. The van der Waals surface area contributed by atoms with E-state index in [1.165, 1.54) is 11.3 Å². The van der Waals surface area contributed by atoms with Crippen molar-refractivity contribution in [3.8, 4) is 11.1 Å². The van der Waals surface area contributed by atoms with E-state index in [4.69, 9.17) is 23.2 Å². The molecule has 5 rings (SSSR count). The van der Waals surface area contributed by atoms with E-state index in [-0.39, 0.29) is 43.8 Å². The topological polar surface area (TPSA) is 43.9 Å². The highest BCUT2D eigenvalue weighted by Crippen LogP contribution is 2.36. The molecule has 0 aromatic heterocycles. The number of carbonyl (C=O) groups is 2. The lowest BCUT2D eigenvalue weighted by atomic mass is 9.95. The predicted octanol–water partition coefficient (Wildman–Crippen LogP) is 6.66. The van der Waals surface area contributed by atoms with Gasteiger partial charge in [-0.15, -0.1) is 0 Å². The Kier molecular flexibility index (Phi) is 8.45. The van der Waals surface area contributed by atoms with Crippen LogP contribution in [0.5, 0.6) is 0 Å². The molecule has 3 aliphatic rings. The first kappa shape index (κ1) is 28.2. The Hall–Kier alpha value is -2.29. The molecule has 0 saturated carbocycles. The summed E-state index contributed by atoms with van der Waals surface area (Å²) in [4.78, 5) is 31.6. The van der Waals surface area contributed by atoms with Crippen LogP contribution >= 0.6 is 23.2 Å². The first-order valence-electron chi connectivity index (χ1n) is 13.6. The Morgan fingerprint density at radius 2 is 1.46 bits per heavy atom. The lowest BCUT2D eigenvalue weighted by Gasteiger charge is -2.33. The average Bonchev–Trinajstić information content (AvgIpc) is 3.30. The Balaban J connectivity index is 1.23. The van der Waals surface area contributed by atoms with Gasteiger partial charge >= 0.3 is 6.18 Å². The lowest BCUT2D eigenvalue weighted by Crippen LogP contribution is -2.44. The van der Waals surface area contributed by atoms with Crippen LogP contribution in [0.15, 0.2) is 36.4 Å². The lowest BCUT2D eigenvalue weighted by molar-refractivity contribution is -0.183. The van der Waals surface area contributed by atoms with E-state index in [1.54, 1.807) is 24.3 Å². The minimum Gasteiger partial charge on any atom is -0.339 e. The molecule has 210 valence electrons. The third-order valence-electron chi connectivity index (χ3n) is 8.30. The maximum absolute atomic E-state index is 13.1. The molecule has 0 unspecified atom stereocenters. The number of hydrogen-bond acceptors (Lipinski definition) is 3. The first-order chi connectivity index (χ1) is 18.6. The second-order valence-electron chi connectivity index (χ2n) is 10.8. The Morgan fingerprint density at radius 3 is 2.05 bits per heavy atom. The number of amides is 2. The summed E-state index contributed by atoms with van der Waals surface area (Å²) in [6.45, 7) is 3.17. The molecule has 0 bridgehead atoms. The SMILES string of the molecule is O=C(c1ccc(-c2cc(Cl)c(CN3CC[C@H](N4CCCCC4)C3=O)c(Cl)c2)cc1)N1CCC(C(F)(F)F)CC1. The molecule has 1 atom stereocenters. The zero-order valence-corrected chi connectivity index (χ0v) is 23.2. The van der Waals surface area contributed by atoms with Gasteiger partial charge in [0, 0.05) is 47.4 Å². The number of nitrogens with zero attached hydrogens (tertiary/aromatic N) is 3. The van der Waals surface area contributed by atoms with E-state index in [1.807, 2.05) is 17.0 Å². The molecule has 39 heavy (non-hydrogen) atoms. The van der Waals surface area contributed by atoms with Crippen molar-refractivity contribution in [1.82, 2.24) is 14.7 Å². The first-order valence-corrected chi connectivity index (χ1v) is 14.3. The van der Waals surface area contributed by atoms with Gasteiger partial charge in [0.2, 0.25) is 5.91 Å². The molecular weight excluding hydrogens is 550 g/mol. The summed E-state index contributed by atoms with van der Waals surface area (Å²) in [5.41, 5.74) is 2.72. The highest BCUT2D eigenvalue weighted by molar-refractivity contribution is 6.36. The third kappa shape index (κ3) is 6.23. The van der Waals surface area contributed by atoms with Crippen LogP contribution in [0.4, 0.5) is 13.2 Å². The average molecular weight is 582 g/mol. The van der Waals surface area contributed by atoms with Gasteiger partial charge in [0.25, 0.3) is 5.91 Å². The zero-order chi connectivity index (χ0) is 27.7. The molecule has 3 fully saturated rings. The maximum Gasteiger partial charge on any atom is 0.391 e. The molecule has 2 aromatic rings. The van der Waals surface area contributed by atoms with E-state index in [0.29, 0.717) is 34.3 Å². The number of alkyl halides is 3. The molecule has 0 radical (unpaired) electrons. The number of hydrogen-bond donors (Lipinski definition) is 0. The second-order valence-corrected chi connectivity index (χ2v) is 11.6. The van der Waals surface area contributed by atoms with Crippen LogP contribution in [0.25, 0.3) is 11.1 Å². The van der Waals surface area contributed by atoms with E-state index in [2.05, 4.69) is 4.90 Å². The van der Waals surface area contributed by atoms with Gasteiger partial charge < -0.3 is 9.80 Å². The van der Waals surface area contributed by atoms with Crippen LogP contribution in [-0.4, -0.2) is 71.5 Å². The van der Waals surface area contributed by atoms with Crippen LogP contribution in [0.3, 0.4) is 0 Å². The monoisotopic (exact) mass is 581 g/mol. The Labute approximate surface area is 236 Å². The minimum atomic E-state index is -4.21. The third-order valence-corrected chi connectivity index (χ3v) is 8.98. The molecule has 0 aliphatic carbocycles. The molecule has 2 aromatic carbocycles. The van der Waals surface area contributed by atoms with Crippen molar-refractivity contribution < 1.29 is 22.8 Å². The van der Waals surface area contributed by atoms with Gasteiger partial charge in [-0.1, -0.05) is 41.8 Å². The number of piperidine rings is 2. The quantitative estimate of drug-likeness (QED) is 0.396. The van der Waals surface area contributed by atoms with Crippen LogP contribution in [0.2, 0.25) is 10.0 Å². The van der Waals surface area contributed by atoms with Crippen LogP contribution in [-0.2, 0) is 11.3 Å². The van der Waals surface area contributed by atoms with Gasteiger partial charge in [-0.25, -0.2) is 0 Å².